The summed E-state index contributed by atoms with van der Waals surface area (Å²) in [6.45, 7) is 4.24. The molecular weight excluding hydrogens is 306 g/mol. The van der Waals surface area contributed by atoms with Crippen molar-refractivity contribution in [3.8, 4) is 11.8 Å². The fraction of sp³-hybridized carbons (Fsp3) is 0.333. The molecule has 4 nitrogen and oxygen atoms in total. The zero-order valence-electron chi connectivity index (χ0n) is 12.1. The van der Waals surface area contributed by atoms with Crippen LogP contribution in [0.5, 0.6) is 5.75 Å². The minimum Gasteiger partial charge on any atom is -0.497 e. The highest BCUT2D eigenvalue weighted by atomic mass is 35.5. The quantitative estimate of drug-likeness (QED) is 0.881. The number of nitrogens with zero attached hydrogens (tertiary/aromatic N) is 2. The van der Waals surface area contributed by atoms with Crippen LogP contribution in [0.4, 0.5) is 5.00 Å². The summed E-state index contributed by atoms with van der Waals surface area (Å²) in [7, 11) is 1.64. The molecule has 1 aromatic carbocycles. The van der Waals surface area contributed by atoms with E-state index in [1.54, 1.807) is 7.11 Å². The molecule has 0 saturated heterocycles. The van der Waals surface area contributed by atoms with Gasteiger partial charge >= 0.3 is 0 Å². The van der Waals surface area contributed by atoms with Gasteiger partial charge in [-0.3, -0.25) is 0 Å². The van der Waals surface area contributed by atoms with E-state index in [0.717, 1.165) is 11.3 Å². The van der Waals surface area contributed by atoms with Crippen molar-refractivity contribution in [2.24, 2.45) is 5.92 Å². The number of aromatic nitrogens is 1. The normalized spacial score (nSPS) is 12.0. The molecule has 0 bridgehead atoms. The van der Waals surface area contributed by atoms with Crippen molar-refractivity contribution in [1.82, 2.24) is 4.37 Å². The van der Waals surface area contributed by atoms with Gasteiger partial charge in [-0.1, -0.05) is 37.6 Å². The Morgan fingerprint density at radius 2 is 2.00 bits per heavy atom. The fourth-order valence-electron chi connectivity index (χ4n) is 2.05. The van der Waals surface area contributed by atoms with E-state index >= 15 is 0 Å². The predicted octanol–water partition coefficient (Wildman–Crippen LogP) is 4.49. The van der Waals surface area contributed by atoms with Crippen molar-refractivity contribution < 1.29 is 4.74 Å². The van der Waals surface area contributed by atoms with E-state index in [1.165, 1.54) is 11.5 Å². The molecule has 6 heteroatoms. The molecule has 0 radical (unpaired) electrons. The Kier molecular flexibility index (Phi) is 5.05. The van der Waals surface area contributed by atoms with E-state index in [-0.39, 0.29) is 11.2 Å². The highest BCUT2D eigenvalue weighted by Gasteiger charge is 2.20. The van der Waals surface area contributed by atoms with Gasteiger partial charge < -0.3 is 10.1 Å². The molecule has 1 unspecified atom stereocenters. The standard InChI is InChI=1S/C15H16ClN3OS/c1-9(2)13(10-4-6-11(20-3)7-5-10)18-15-12(8-17)14(16)19-21-15/h4-7,9,13,18H,1-3H3. The van der Waals surface area contributed by atoms with Gasteiger partial charge in [0.05, 0.1) is 13.2 Å². The Morgan fingerprint density at radius 3 is 2.52 bits per heavy atom. The second kappa shape index (κ2) is 6.79. The second-order valence-electron chi connectivity index (χ2n) is 4.93. The first-order valence-corrected chi connectivity index (χ1v) is 7.67. The van der Waals surface area contributed by atoms with E-state index in [4.69, 9.17) is 21.6 Å². The van der Waals surface area contributed by atoms with Crippen molar-refractivity contribution in [3.63, 3.8) is 0 Å². The molecule has 0 fully saturated rings. The lowest BCUT2D eigenvalue weighted by molar-refractivity contribution is 0.414. The maximum absolute atomic E-state index is 9.15. The first-order chi connectivity index (χ1) is 10.1. The van der Waals surface area contributed by atoms with Gasteiger partial charge in [0.15, 0.2) is 5.15 Å². The predicted molar refractivity (Wildman–Crippen MR) is 86.0 cm³/mol. The van der Waals surface area contributed by atoms with Crippen LogP contribution in [0, 0.1) is 17.2 Å². The van der Waals surface area contributed by atoms with Crippen LogP contribution >= 0.6 is 23.1 Å². The van der Waals surface area contributed by atoms with Gasteiger partial charge in [0, 0.05) is 0 Å². The van der Waals surface area contributed by atoms with Crippen LogP contribution in [-0.4, -0.2) is 11.5 Å². The summed E-state index contributed by atoms with van der Waals surface area (Å²) < 4.78 is 9.20. The number of halogens is 1. The van der Waals surface area contributed by atoms with Crippen molar-refractivity contribution in [1.29, 1.82) is 5.26 Å². The molecule has 0 aliphatic rings. The molecule has 0 amide bonds. The van der Waals surface area contributed by atoms with E-state index in [2.05, 4.69) is 29.6 Å². The van der Waals surface area contributed by atoms with Gasteiger partial charge in [-0.2, -0.15) is 9.64 Å². The Morgan fingerprint density at radius 1 is 1.33 bits per heavy atom. The Hall–Kier alpha value is -1.77. The van der Waals surface area contributed by atoms with Gasteiger partial charge in [0.1, 0.15) is 22.4 Å². The van der Waals surface area contributed by atoms with Crippen molar-refractivity contribution in [2.45, 2.75) is 19.9 Å². The van der Waals surface area contributed by atoms with Gasteiger partial charge in [-0.25, -0.2) is 0 Å². The van der Waals surface area contributed by atoms with E-state index < -0.39 is 0 Å². The molecule has 2 rings (SSSR count). The average molecular weight is 322 g/mol. The van der Waals surface area contributed by atoms with E-state index in [1.807, 2.05) is 24.3 Å². The summed E-state index contributed by atoms with van der Waals surface area (Å²) in [5, 5.41) is 13.5. The number of nitrogens with one attached hydrogen (secondary N) is 1. The van der Waals surface area contributed by atoms with E-state index in [9.17, 15) is 0 Å². The number of hydrogen-bond acceptors (Lipinski definition) is 5. The largest absolute Gasteiger partial charge is 0.497 e. The number of anilines is 1. The average Bonchev–Trinajstić information content (AvgIpc) is 2.84. The van der Waals surface area contributed by atoms with Crippen molar-refractivity contribution in [2.75, 3.05) is 12.4 Å². The lowest BCUT2D eigenvalue weighted by Gasteiger charge is -2.23. The summed E-state index contributed by atoms with van der Waals surface area (Å²) in [5.41, 5.74) is 1.53. The third-order valence-corrected chi connectivity index (χ3v) is 4.34. The molecule has 1 heterocycles. The molecular formula is C15H16ClN3OS. The van der Waals surface area contributed by atoms with Crippen LogP contribution in [-0.2, 0) is 0 Å². The molecule has 0 saturated carbocycles. The highest BCUT2D eigenvalue weighted by molar-refractivity contribution is 7.10. The first kappa shape index (κ1) is 15.6. The van der Waals surface area contributed by atoms with Crippen LogP contribution in [0.25, 0.3) is 0 Å². The number of methoxy groups -OCH3 is 1. The third kappa shape index (κ3) is 3.46. The lowest BCUT2D eigenvalue weighted by Crippen LogP contribution is -2.16. The summed E-state index contributed by atoms with van der Waals surface area (Å²) in [5.74, 6) is 1.16. The molecule has 1 N–H and O–H groups in total. The van der Waals surface area contributed by atoms with Gasteiger partial charge in [-0.15, -0.1) is 0 Å². The van der Waals surface area contributed by atoms with Crippen LogP contribution < -0.4 is 10.1 Å². The zero-order chi connectivity index (χ0) is 15.4. The summed E-state index contributed by atoms with van der Waals surface area (Å²) in [4.78, 5) is 0. The molecule has 0 spiro atoms. The number of ether oxygens (including phenoxy) is 1. The highest BCUT2D eigenvalue weighted by Crippen LogP contribution is 2.34. The number of nitriles is 1. The molecule has 1 aromatic heterocycles. The number of benzene rings is 1. The zero-order valence-corrected chi connectivity index (χ0v) is 13.6. The van der Waals surface area contributed by atoms with Gasteiger partial charge in [0.2, 0.25) is 0 Å². The van der Waals surface area contributed by atoms with Crippen molar-refractivity contribution >= 4 is 28.1 Å². The van der Waals surface area contributed by atoms with Crippen LogP contribution in [0.15, 0.2) is 24.3 Å². The molecule has 110 valence electrons. The minimum absolute atomic E-state index is 0.0690. The minimum atomic E-state index is 0.0690. The smallest absolute Gasteiger partial charge is 0.162 e. The molecule has 21 heavy (non-hydrogen) atoms. The molecule has 0 aliphatic heterocycles. The Labute approximate surface area is 133 Å². The van der Waals surface area contributed by atoms with Crippen LogP contribution in [0.1, 0.15) is 31.0 Å². The fourth-order valence-corrected chi connectivity index (χ4v) is 3.03. The van der Waals surface area contributed by atoms with Gasteiger partial charge in [0.25, 0.3) is 0 Å². The van der Waals surface area contributed by atoms with E-state index in [0.29, 0.717) is 16.5 Å². The summed E-state index contributed by atoms with van der Waals surface area (Å²) in [6.07, 6.45) is 0. The molecule has 1 atom stereocenters. The second-order valence-corrected chi connectivity index (χ2v) is 6.06. The number of rotatable bonds is 5. The Balaban J connectivity index is 2.29. The Bertz CT molecular complexity index is 646. The monoisotopic (exact) mass is 321 g/mol. The third-order valence-electron chi connectivity index (χ3n) is 3.19. The first-order valence-electron chi connectivity index (χ1n) is 6.52. The molecule has 2 aromatic rings. The van der Waals surface area contributed by atoms with Crippen molar-refractivity contribution in [3.05, 3.63) is 40.5 Å². The molecule has 0 aliphatic carbocycles. The van der Waals surface area contributed by atoms with Crippen LogP contribution in [0.2, 0.25) is 5.15 Å². The lowest BCUT2D eigenvalue weighted by atomic mass is 9.96. The summed E-state index contributed by atoms with van der Waals surface area (Å²) in [6, 6.07) is 10.1. The van der Waals surface area contributed by atoms with Crippen LogP contribution in [0.3, 0.4) is 0 Å². The number of hydrogen-bond donors (Lipinski definition) is 1. The van der Waals surface area contributed by atoms with Gasteiger partial charge in [-0.05, 0) is 35.1 Å². The topological polar surface area (TPSA) is 57.9 Å². The maximum atomic E-state index is 9.15. The maximum Gasteiger partial charge on any atom is 0.162 e. The SMILES string of the molecule is COc1ccc(C(Nc2snc(Cl)c2C#N)C(C)C)cc1. The summed E-state index contributed by atoms with van der Waals surface area (Å²) >= 11 is 7.12.